The highest BCUT2D eigenvalue weighted by Crippen LogP contribution is 2.32. The van der Waals surface area contributed by atoms with E-state index in [1.54, 1.807) is 25.3 Å². The molecule has 1 aromatic carbocycles. The number of aryl methyl sites for hydroxylation is 2. The number of nitriles is 1. The number of benzene rings is 1. The molecule has 5 nitrogen and oxygen atoms in total. The molecule has 0 radical (unpaired) electrons. The Morgan fingerprint density at radius 3 is 2.86 bits per heavy atom. The van der Waals surface area contributed by atoms with Crippen LogP contribution in [0.4, 0.5) is 5.69 Å². The van der Waals surface area contributed by atoms with Crippen molar-refractivity contribution < 1.29 is 9.47 Å². The Morgan fingerprint density at radius 2 is 2.14 bits per heavy atom. The lowest BCUT2D eigenvalue weighted by Gasteiger charge is -2.10. The van der Waals surface area contributed by atoms with Crippen molar-refractivity contribution in [3.05, 3.63) is 41.1 Å². The van der Waals surface area contributed by atoms with Crippen LogP contribution >= 0.6 is 0 Å². The standard InChI is InChI=1S/C16H15N3O2/c1-20-15-6-5-12(8-13(15)18)21-16-11(9-17)7-10-3-2-4-14(10)19-16/h5-8H,2-4,18H2,1H3. The topological polar surface area (TPSA) is 81.2 Å². The molecule has 0 atom stereocenters. The molecule has 0 saturated carbocycles. The molecule has 2 N–H and O–H groups in total. The Hall–Kier alpha value is -2.74. The zero-order valence-corrected chi connectivity index (χ0v) is 11.7. The van der Waals surface area contributed by atoms with Crippen LogP contribution in [0.5, 0.6) is 17.4 Å². The number of fused-ring (bicyclic) bond motifs is 1. The van der Waals surface area contributed by atoms with Crippen LogP contribution in [0.3, 0.4) is 0 Å². The van der Waals surface area contributed by atoms with E-state index in [0.29, 0.717) is 28.6 Å². The quantitative estimate of drug-likeness (QED) is 0.875. The van der Waals surface area contributed by atoms with Crippen LogP contribution in [0.1, 0.15) is 23.2 Å². The van der Waals surface area contributed by atoms with Gasteiger partial charge in [-0.05, 0) is 43.0 Å². The molecule has 0 aliphatic heterocycles. The second kappa shape index (κ2) is 5.33. The summed E-state index contributed by atoms with van der Waals surface area (Å²) in [5.74, 6) is 1.46. The molecule has 0 bridgehead atoms. The first kappa shape index (κ1) is 13.3. The van der Waals surface area contributed by atoms with E-state index in [1.807, 2.05) is 6.07 Å². The van der Waals surface area contributed by atoms with Crippen LogP contribution < -0.4 is 15.2 Å². The first-order valence-corrected chi connectivity index (χ1v) is 6.75. The average molecular weight is 281 g/mol. The Bertz CT molecular complexity index is 735. The Kier molecular flexibility index (Phi) is 3.36. The van der Waals surface area contributed by atoms with Gasteiger partial charge in [0.1, 0.15) is 23.1 Å². The molecule has 21 heavy (non-hydrogen) atoms. The molecule has 1 aromatic heterocycles. The molecule has 0 unspecified atom stereocenters. The Balaban J connectivity index is 1.95. The van der Waals surface area contributed by atoms with E-state index in [2.05, 4.69) is 11.1 Å². The monoisotopic (exact) mass is 281 g/mol. The summed E-state index contributed by atoms with van der Waals surface area (Å²) in [5, 5.41) is 9.25. The molecule has 0 saturated heterocycles. The summed E-state index contributed by atoms with van der Waals surface area (Å²) >= 11 is 0. The smallest absolute Gasteiger partial charge is 0.237 e. The summed E-state index contributed by atoms with van der Waals surface area (Å²) in [6.45, 7) is 0. The minimum Gasteiger partial charge on any atom is -0.495 e. The van der Waals surface area contributed by atoms with E-state index in [1.165, 1.54) is 0 Å². The van der Waals surface area contributed by atoms with Crippen molar-refractivity contribution in [3.63, 3.8) is 0 Å². The number of hydrogen-bond donors (Lipinski definition) is 1. The van der Waals surface area contributed by atoms with Crippen LogP contribution in [-0.4, -0.2) is 12.1 Å². The molecule has 106 valence electrons. The minimum atomic E-state index is 0.336. The lowest BCUT2D eigenvalue weighted by atomic mass is 10.1. The summed E-state index contributed by atoms with van der Waals surface area (Å²) < 4.78 is 10.8. The van der Waals surface area contributed by atoms with Crippen molar-refractivity contribution in [1.82, 2.24) is 4.98 Å². The molecule has 3 rings (SSSR count). The van der Waals surface area contributed by atoms with Gasteiger partial charge < -0.3 is 15.2 Å². The Labute approximate surface area is 122 Å². The van der Waals surface area contributed by atoms with Gasteiger partial charge in [-0.25, -0.2) is 4.98 Å². The summed E-state index contributed by atoms with van der Waals surface area (Å²) in [6.07, 6.45) is 2.99. The molecule has 1 aliphatic rings. The van der Waals surface area contributed by atoms with E-state index in [0.717, 1.165) is 30.5 Å². The first-order valence-electron chi connectivity index (χ1n) is 6.75. The number of pyridine rings is 1. The van der Waals surface area contributed by atoms with Crippen LogP contribution in [0.15, 0.2) is 24.3 Å². The summed E-state index contributed by atoms with van der Waals surface area (Å²) in [7, 11) is 1.56. The fourth-order valence-electron chi connectivity index (χ4n) is 2.50. The van der Waals surface area contributed by atoms with Crippen molar-refractivity contribution in [3.8, 4) is 23.4 Å². The highest BCUT2D eigenvalue weighted by Gasteiger charge is 2.17. The van der Waals surface area contributed by atoms with Gasteiger partial charge >= 0.3 is 0 Å². The number of hydrogen-bond acceptors (Lipinski definition) is 5. The lowest BCUT2D eigenvalue weighted by Crippen LogP contribution is -1.98. The number of methoxy groups -OCH3 is 1. The highest BCUT2D eigenvalue weighted by atomic mass is 16.5. The number of rotatable bonds is 3. The average Bonchev–Trinajstić information content (AvgIpc) is 2.93. The van der Waals surface area contributed by atoms with Crippen molar-refractivity contribution in [2.45, 2.75) is 19.3 Å². The van der Waals surface area contributed by atoms with Gasteiger partial charge in [0.05, 0.1) is 12.8 Å². The zero-order chi connectivity index (χ0) is 14.8. The van der Waals surface area contributed by atoms with Crippen LogP contribution in [0.25, 0.3) is 0 Å². The van der Waals surface area contributed by atoms with Gasteiger partial charge in [-0.15, -0.1) is 0 Å². The number of nitrogen functional groups attached to an aromatic ring is 1. The van der Waals surface area contributed by atoms with E-state index in [4.69, 9.17) is 15.2 Å². The lowest BCUT2D eigenvalue weighted by molar-refractivity contribution is 0.414. The van der Waals surface area contributed by atoms with Crippen molar-refractivity contribution >= 4 is 5.69 Å². The van der Waals surface area contributed by atoms with E-state index in [-0.39, 0.29) is 0 Å². The number of nitrogens with zero attached hydrogens (tertiary/aromatic N) is 2. The van der Waals surface area contributed by atoms with Gasteiger partial charge in [0.2, 0.25) is 5.88 Å². The third-order valence-corrected chi connectivity index (χ3v) is 3.55. The van der Waals surface area contributed by atoms with E-state index >= 15 is 0 Å². The number of nitrogens with two attached hydrogens (primary N) is 1. The van der Waals surface area contributed by atoms with Gasteiger partial charge in [-0.3, -0.25) is 0 Å². The van der Waals surface area contributed by atoms with Gasteiger partial charge in [-0.2, -0.15) is 5.26 Å². The van der Waals surface area contributed by atoms with Gasteiger partial charge in [0.15, 0.2) is 0 Å². The molecule has 2 aromatic rings. The number of ether oxygens (including phenoxy) is 2. The highest BCUT2D eigenvalue weighted by molar-refractivity contribution is 5.57. The second-order valence-electron chi connectivity index (χ2n) is 4.92. The second-order valence-corrected chi connectivity index (χ2v) is 4.92. The van der Waals surface area contributed by atoms with Crippen LogP contribution in [0.2, 0.25) is 0 Å². The fraction of sp³-hybridized carbons (Fsp3) is 0.250. The molecule has 5 heteroatoms. The largest absolute Gasteiger partial charge is 0.495 e. The third-order valence-electron chi connectivity index (χ3n) is 3.55. The maximum atomic E-state index is 9.25. The summed E-state index contributed by atoms with van der Waals surface area (Å²) in [5.41, 5.74) is 8.95. The number of anilines is 1. The normalized spacial score (nSPS) is 12.6. The van der Waals surface area contributed by atoms with Crippen molar-refractivity contribution in [2.75, 3.05) is 12.8 Å². The molecular weight excluding hydrogens is 266 g/mol. The van der Waals surface area contributed by atoms with Crippen molar-refractivity contribution in [2.24, 2.45) is 0 Å². The third kappa shape index (κ3) is 2.48. The number of aromatic nitrogens is 1. The minimum absolute atomic E-state index is 0.336. The molecule has 0 spiro atoms. The van der Waals surface area contributed by atoms with E-state index < -0.39 is 0 Å². The molecule has 0 fully saturated rings. The SMILES string of the molecule is COc1ccc(Oc2nc3c(cc2C#N)CCC3)cc1N. The van der Waals surface area contributed by atoms with Gasteiger partial charge in [-0.1, -0.05) is 0 Å². The maximum Gasteiger partial charge on any atom is 0.237 e. The summed E-state index contributed by atoms with van der Waals surface area (Å²) in [6, 6.07) is 9.14. The van der Waals surface area contributed by atoms with Gasteiger partial charge in [0.25, 0.3) is 0 Å². The van der Waals surface area contributed by atoms with Crippen molar-refractivity contribution in [1.29, 1.82) is 5.26 Å². The first-order chi connectivity index (χ1) is 10.2. The predicted octanol–water partition coefficient (Wildman–Crippen LogP) is 2.83. The summed E-state index contributed by atoms with van der Waals surface area (Å²) in [4.78, 5) is 4.47. The van der Waals surface area contributed by atoms with E-state index in [9.17, 15) is 5.26 Å². The van der Waals surface area contributed by atoms with Crippen LogP contribution in [-0.2, 0) is 12.8 Å². The molecular formula is C16H15N3O2. The van der Waals surface area contributed by atoms with Gasteiger partial charge in [0, 0.05) is 11.8 Å². The predicted molar refractivity (Wildman–Crippen MR) is 78.5 cm³/mol. The maximum absolute atomic E-state index is 9.25. The Morgan fingerprint density at radius 1 is 1.29 bits per heavy atom. The fourth-order valence-corrected chi connectivity index (χ4v) is 2.50. The molecule has 0 amide bonds. The molecule has 1 heterocycles. The zero-order valence-electron chi connectivity index (χ0n) is 11.7. The molecule has 1 aliphatic carbocycles. The van der Waals surface area contributed by atoms with Crippen LogP contribution in [0, 0.1) is 11.3 Å².